The Hall–Kier alpha value is -0.410. The third-order valence-corrected chi connectivity index (χ3v) is 7.99. The van der Waals surface area contributed by atoms with Crippen molar-refractivity contribution >= 4 is 76.1 Å². The van der Waals surface area contributed by atoms with Gasteiger partial charge in [0.25, 0.3) is 9.05 Å². The summed E-state index contributed by atoms with van der Waals surface area (Å²) in [4.78, 5) is 0.875. The predicted octanol–water partition coefficient (Wildman–Crippen LogP) is 11.1. The molecule has 3 aromatic carbocycles. The summed E-state index contributed by atoms with van der Waals surface area (Å²) in [6.07, 6.45) is 0. The Balaban J connectivity index is 0.000000212. The second-order valence-corrected chi connectivity index (χ2v) is 13.4. The summed E-state index contributed by atoms with van der Waals surface area (Å²) in [5, 5.41) is 1.61. The van der Waals surface area contributed by atoms with Gasteiger partial charge in [-0.25, -0.2) is 0 Å². The van der Waals surface area contributed by atoms with Crippen LogP contribution in [0, 0.1) is 0 Å². The van der Waals surface area contributed by atoms with E-state index < -0.39 is 13.9 Å². The number of halogens is 8. The molecule has 0 aliphatic rings. The lowest BCUT2D eigenvalue weighted by molar-refractivity contribution is 0.480. The molecule has 0 aliphatic carbocycles. The Morgan fingerprint density at radius 2 is 0.793 bits per heavy atom. The van der Waals surface area contributed by atoms with Crippen molar-refractivity contribution in [3.63, 3.8) is 0 Å². The number of hydrogen-bond donors (Lipinski definition) is 0. The van der Waals surface area contributed by atoms with Crippen molar-refractivity contribution in [1.29, 1.82) is 0 Å². The molecular weight excluding hydrogens is 530 g/mol. The van der Waals surface area contributed by atoms with E-state index in [9.17, 15) is 15.5 Å². The van der Waals surface area contributed by atoms with Crippen molar-refractivity contribution in [3.05, 3.63) is 87.9 Å². The van der Waals surface area contributed by atoms with Gasteiger partial charge in [-0.15, -0.1) is 15.5 Å². The molecule has 0 heterocycles. The van der Waals surface area contributed by atoms with Crippen LogP contribution in [0.3, 0.4) is 0 Å². The molecule has 0 N–H and O–H groups in total. The van der Waals surface area contributed by atoms with Gasteiger partial charge >= 0.3 is 0 Å². The minimum Gasteiger partial charge on any atom is -0.107 e. The van der Waals surface area contributed by atoms with E-state index in [0.717, 1.165) is 22.2 Å². The third kappa shape index (κ3) is 9.09. The van der Waals surface area contributed by atoms with Crippen molar-refractivity contribution in [2.24, 2.45) is 0 Å². The zero-order valence-electron chi connectivity index (χ0n) is 14.2. The van der Waals surface area contributed by atoms with Gasteiger partial charge in [0.05, 0.1) is 4.90 Å². The lowest BCUT2D eigenvalue weighted by Gasteiger charge is -2.42. The molecule has 0 atom stereocenters. The second kappa shape index (κ2) is 8.99. The second-order valence-electron chi connectivity index (χ2n) is 5.50. The van der Waals surface area contributed by atoms with Crippen LogP contribution in [0.1, 0.15) is 0 Å². The summed E-state index contributed by atoms with van der Waals surface area (Å²) < 4.78 is 49.9. The SMILES string of the molecule is Clc1ccc(SSc2ccc(Cl)cc2)cc1.FS(F)(F)(F)(Cl)c1ccc(Cl)cc1. The Labute approximate surface area is 193 Å². The van der Waals surface area contributed by atoms with Crippen LogP contribution < -0.4 is 0 Å². The van der Waals surface area contributed by atoms with E-state index in [4.69, 9.17) is 34.8 Å². The average Bonchev–Trinajstić information content (AvgIpc) is 2.61. The van der Waals surface area contributed by atoms with Gasteiger partial charge < -0.3 is 0 Å². The molecule has 3 aromatic rings. The lowest BCUT2D eigenvalue weighted by atomic mass is 10.4. The van der Waals surface area contributed by atoms with Gasteiger partial charge in [0.1, 0.15) is 0 Å². The molecule has 29 heavy (non-hydrogen) atoms. The first-order valence-corrected chi connectivity index (χ1v) is 13.7. The van der Waals surface area contributed by atoms with Gasteiger partial charge in [0, 0.05) is 35.5 Å². The lowest BCUT2D eigenvalue weighted by Crippen LogP contribution is -2.03. The summed E-state index contributed by atoms with van der Waals surface area (Å²) in [5.74, 6) is 0. The highest BCUT2D eigenvalue weighted by atomic mass is 35.7. The Morgan fingerprint density at radius 1 is 0.517 bits per heavy atom. The zero-order valence-corrected chi connectivity index (χ0v) is 19.6. The minimum atomic E-state index is -8.54. The van der Waals surface area contributed by atoms with E-state index in [2.05, 4.69) is 10.7 Å². The topological polar surface area (TPSA) is 0 Å². The standard InChI is InChI=1S/C12H8Cl2S2.C6H4Cl2F4S/c13-9-1-5-11(6-2-9)15-16-12-7-3-10(14)4-8-12;7-5-1-3-6(4-2-5)13(8,9,10,11)12/h1-8H;1-4H. The summed E-state index contributed by atoms with van der Waals surface area (Å²) >= 11 is 17.0. The third-order valence-electron chi connectivity index (χ3n) is 3.12. The van der Waals surface area contributed by atoms with Crippen LogP contribution in [-0.4, -0.2) is 0 Å². The van der Waals surface area contributed by atoms with Crippen LogP contribution >= 0.6 is 76.1 Å². The van der Waals surface area contributed by atoms with E-state index in [1.54, 1.807) is 21.6 Å². The fraction of sp³-hybridized carbons (Fsp3) is 0. The molecule has 11 heteroatoms. The highest BCUT2D eigenvalue weighted by Crippen LogP contribution is 3.04. The van der Waals surface area contributed by atoms with Crippen LogP contribution in [-0.2, 0) is 0 Å². The Bertz CT molecular complexity index is 901. The molecule has 158 valence electrons. The molecule has 3 rings (SSSR count). The molecule has 0 amide bonds. The summed E-state index contributed by atoms with van der Waals surface area (Å²) in [7, 11) is -1.10. The molecule has 0 aromatic heterocycles. The fourth-order valence-electron chi connectivity index (χ4n) is 1.77. The molecule has 0 saturated carbocycles. The van der Waals surface area contributed by atoms with Crippen molar-refractivity contribution in [2.75, 3.05) is 0 Å². The summed E-state index contributed by atoms with van der Waals surface area (Å²) in [6, 6.07) is 18.5. The van der Waals surface area contributed by atoms with Gasteiger partial charge in [0.15, 0.2) is 0 Å². The maximum absolute atomic E-state index is 12.5. The molecular formula is C18H12Cl4F4S3. The first kappa shape index (κ1) is 24.9. The highest BCUT2D eigenvalue weighted by Gasteiger charge is 2.62. The maximum Gasteiger partial charge on any atom is 0.253 e. The summed E-state index contributed by atoms with van der Waals surface area (Å²) in [6.45, 7) is 0. The van der Waals surface area contributed by atoms with Crippen molar-refractivity contribution < 1.29 is 15.5 Å². The van der Waals surface area contributed by atoms with Crippen molar-refractivity contribution in [2.45, 2.75) is 14.7 Å². The molecule has 0 spiro atoms. The highest BCUT2D eigenvalue weighted by molar-refractivity contribution is 8.76. The molecule has 0 bridgehead atoms. The molecule has 0 aliphatic heterocycles. The fourth-order valence-corrected chi connectivity index (χ4v) is 5.04. The quantitative estimate of drug-likeness (QED) is 0.238. The number of benzene rings is 3. The van der Waals surface area contributed by atoms with E-state index >= 15 is 0 Å². The predicted molar refractivity (Wildman–Crippen MR) is 122 cm³/mol. The monoisotopic (exact) mass is 540 g/mol. The normalized spacial score (nSPS) is 13.7. The minimum absolute atomic E-state index is 0.0854. The van der Waals surface area contributed by atoms with Crippen LogP contribution in [0.5, 0.6) is 0 Å². The zero-order chi connectivity index (χ0) is 21.8. The van der Waals surface area contributed by atoms with Crippen LogP contribution in [0.4, 0.5) is 15.5 Å². The van der Waals surface area contributed by atoms with Gasteiger partial charge in [-0.2, -0.15) is 0 Å². The first-order chi connectivity index (χ1) is 13.2. The molecule has 0 nitrogen and oxygen atoms in total. The van der Waals surface area contributed by atoms with Crippen molar-refractivity contribution in [1.82, 2.24) is 0 Å². The summed E-state index contributed by atoms with van der Waals surface area (Å²) in [5.41, 5.74) is 0. The average molecular weight is 542 g/mol. The van der Waals surface area contributed by atoms with E-state index in [1.807, 2.05) is 48.5 Å². The molecule has 0 saturated heterocycles. The first-order valence-electron chi connectivity index (χ1n) is 7.58. The maximum atomic E-state index is 12.5. The smallest absolute Gasteiger partial charge is 0.107 e. The van der Waals surface area contributed by atoms with Crippen LogP contribution in [0.15, 0.2) is 87.5 Å². The molecule has 0 fully saturated rings. The van der Waals surface area contributed by atoms with E-state index in [-0.39, 0.29) is 5.02 Å². The van der Waals surface area contributed by atoms with E-state index in [0.29, 0.717) is 12.1 Å². The molecule has 0 unspecified atom stereocenters. The Morgan fingerprint density at radius 3 is 1.07 bits per heavy atom. The van der Waals surface area contributed by atoms with E-state index in [1.165, 1.54) is 9.79 Å². The van der Waals surface area contributed by atoms with Gasteiger partial charge in [-0.3, -0.25) is 0 Å². The van der Waals surface area contributed by atoms with Crippen molar-refractivity contribution in [3.8, 4) is 0 Å². The van der Waals surface area contributed by atoms with Crippen LogP contribution in [0.25, 0.3) is 0 Å². The Kier molecular flexibility index (Phi) is 7.70. The number of rotatable bonds is 4. The van der Waals surface area contributed by atoms with Gasteiger partial charge in [-0.05, 0) is 72.8 Å². The van der Waals surface area contributed by atoms with Gasteiger partial charge in [0.2, 0.25) is 0 Å². The molecule has 0 radical (unpaired) electrons. The number of hydrogen-bond acceptors (Lipinski definition) is 2. The van der Waals surface area contributed by atoms with Crippen LogP contribution in [0.2, 0.25) is 15.1 Å². The van der Waals surface area contributed by atoms with Gasteiger partial charge in [-0.1, -0.05) is 56.4 Å². The largest absolute Gasteiger partial charge is 0.253 e.